The predicted molar refractivity (Wildman–Crippen MR) is 178 cm³/mol. The van der Waals surface area contributed by atoms with Gasteiger partial charge in [0.05, 0.1) is 18.6 Å². The fraction of sp³-hybridized carbons (Fsp3) is 0.270. The third-order valence-corrected chi connectivity index (χ3v) is 7.28. The summed E-state index contributed by atoms with van der Waals surface area (Å²) in [6.45, 7) is 2.81. The largest absolute Gasteiger partial charge is 0.494 e. The number of unbranched alkanes of at least 4 members (excludes halogenated alkanes) is 4. The maximum atomic E-state index is 12.8. The van der Waals surface area contributed by atoms with Gasteiger partial charge in [0.1, 0.15) is 17.5 Å². The zero-order valence-corrected chi connectivity index (χ0v) is 26.3. The van der Waals surface area contributed by atoms with Gasteiger partial charge in [0.2, 0.25) is 5.91 Å². The van der Waals surface area contributed by atoms with Crippen LogP contribution in [0, 0.1) is 0 Å². The lowest BCUT2D eigenvalue weighted by Crippen LogP contribution is -2.42. The van der Waals surface area contributed by atoms with E-state index < -0.39 is 23.9 Å². The van der Waals surface area contributed by atoms with Gasteiger partial charge in [-0.1, -0.05) is 50.8 Å². The minimum atomic E-state index is -1.20. The van der Waals surface area contributed by atoms with Crippen LogP contribution in [-0.4, -0.2) is 46.5 Å². The summed E-state index contributed by atoms with van der Waals surface area (Å²) < 4.78 is 11.2. The fourth-order valence-corrected chi connectivity index (χ4v) is 4.70. The molecular formula is C37H39N3O7. The van der Waals surface area contributed by atoms with Gasteiger partial charge in [0, 0.05) is 29.6 Å². The van der Waals surface area contributed by atoms with Gasteiger partial charge in [0.25, 0.3) is 5.91 Å². The van der Waals surface area contributed by atoms with Crippen molar-refractivity contribution in [3.63, 3.8) is 0 Å². The molecule has 2 amide bonds. The summed E-state index contributed by atoms with van der Waals surface area (Å²) in [4.78, 5) is 53.8. The summed E-state index contributed by atoms with van der Waals surface area (Å²) in [5.74, 6) is -1.56. The second-order valence-electron chi connectivity index (χ2n) is 11.0. The average molecular weight is 638 g/mol. The number of hydrogen-bond acceptors (Lipinski definition) is 7. The molecular weight excluding hydrogens is 598 g/mol. The minimum Gasteiger partial charge on any atom is -0.494 e. The van der Waals surface area contributed by atoms with E-state index in [1.54, 1.807) is 85.1 Å². The Hall–Kier alpha value is -5.51. The summed E-state index contributed by atoms with van der Waals surface area (Å²) in [5, 5.41) is 15.0. The fourth-order valence-electron chi connectivity index (χ4n) is 4.70. The van der Waals surface area contributed by atoms with Crippen LogP contribution in [0.5, 0.6) is 11.5 Å². The molecule has 3 N–H and O–H groups in total. The van der Waals surface area contributed by atoms with Crippen molar-refractivity contribution in [2.24, 2.45) is 0 Å². The highest BCUT2D eigenvalue weighted by Crippen LogP contribution is 2.18. The highest BCUT2D eigenvalue weighted by atomic mass is 16.5. The molecule has 0 aliphatic carbocycles. The summed E-state index contributed by atoms with van der Waals surface area (Å²) in [6.07, 6.45) is 7.49. The van der Waals surface area contributed by atoms with Crippen LogP contribution in [0.3, 0.4) is 0 Å². The quantitative estimate of drug-likeness (QED) is 0.0700. The molecule has 0 saturated carbocycles. The van der Waals surface area contributed by atoms with Crippen molar-refractivity contribution >= 4 is 29.4 Å². The average Bonchev–Trinajstić information content (AvgIpc) is 3.07. The molecule has 0 aliphatic heterocycles. The predicted octanol–water partition coefficient (Wildman–Crippen LogP) is 6.26. The van der Waals surface area contributed by atoms with E-state index in [2.05, 4.69) is 22.5 Å². The maximum absolute atomic E-state index is 12.8. The molecule has 4 aromatic rings. The Morgan fingerprint density at radius 3 is 2.13 bits per heavy atom. The van der Waals surface area contributed by atoms with Crippen LogP contribution in [0.2, 0.25) is 0 Å². The zero-order chi connectivity index (χ0) is 33.4. The van der Waals surface area contributed by atoms with Crippen molar-refractivity contribution in [2.45, 2.75) is 57.9 Å². The summed E-state index contributed by atoms with van der Waals surface area (Å²) in [5.41, 5.74) is 2.36. The van der Waals surface area contributed by atoms with E-state index in [4.69, 9.17) is 9.47 Å². The number of rotatable bonds is 17. The van der Waals surface area contributed by atoms with Crippen molar-refractivity contribution in [1.29, 1.82) is 0 Å². The van der Waals surface area contributed by atoms with Crippen LogP contribution < -0.4 is 20.1 Å². The van der Waals surface area contributed by atoms with Crippen molar-refractivity contribution in [1.82, 2.24) is 10.3 Å². The third kappa shape index (κ3) is 11.4. The van der Waals surface area contributed by atoms with Crippen LogP contribution in [0.1, 0.15) is 71.0 Å². The van der Waals surface area contributed by atoms with E-state index in [1.807, 2.05) is 0 Å². The van der Waals surface area contributed by atoms with Gasteiger partial charge in [-0.05, 0) is 84.8 Å². The highest BCUT2D eigenvalue weighted by molar-refractivity contribution is 5.98. The van der Waals surface area contributed by atoms with Crippen molar-refractivity contribution in [2.75, 3.05) is 11.9 Å². The molecule has 1 atom stereocenters. The Kier molecular flexibility index (Phi) is 13.0. The van der Waals surface area contributed by atoms with Gasteiger partial charge in [0.15, 0.2) is 0 Å². The van der Waals surface area contributed by atoms with Crippen LogP contribution in [0.25, 0.3) is 0 Å². The van der Waals surface area contributed by atoms with Gasteiger partial charge < -0.3 is 25.2 Å². The monoisotopic (exact) mass is 637 g/mol. The van der Waals surface area contributed by atoms with E-state index in [0.717, 1.165) is 12.8 Å². The van der Waals surface area contributed by atoms with E-state index in [-0.39, 0.29) is 24.3 Å². The van der Waals surface area contributed by atoms with E-state index in [9.17, 15) is 24.3 Å². The molecule has 0 bridgehead atoms. The lowest BCUT2D eigenvalue weighted by atomic mass is 10.0. The second kappa shape index (κ2) is 17.8. The molecule has 1 heterocycles. The third-order valence-electron chi connectivity index (χ3n) is 7.28. The molecule has 1 aromatic heterocycles. The molecule has 0 radical (unpaired) electrons. The summed E-state index contributed by atoms with van der Waals surface area (Å²) in [7, 11) is 0. The van der Waals surface area contributed by atoms with E-state index in [1.165, 1.54) is 31.4 Å². The first-order valence-corrected chi connectivity index (χ1v) is 15.7. The number of esters is 1. The number of pyridine rings is 1. The first-order valence-electron chi connectivity index (χ1n) is 15.7. The molecule has 0 aliphatic rings. The maximum Gasteiger partial charge on any atom is 0.343 e. The SMILES string of the molecule is CCCCCCCOc1ccc(C(=O)Oc2ccc(C[C@H](NC(=O)c3ccc(NC(=O)Cc4ccccn4)cc3)C(=O)O)cc2)cc1. The van der Waals surface area contributed by atoms with Crippen molar-refractivity contribution < 1.29 is 33.8 Å². The van der Waals surface area contributed by atoms with Crippen LogP contribution in [0.15, 0.2) is 97.2 Å². The molecule has 0 fully saturated rings. The standard InChI is InChI=1S/C37H39N3O7/c1-2-3-4-5-8-23-46-31-20-14-28(15-21-31)37(45)47-32-18-10-26(11-19-32)24-33(36(43)44)40-35(42)27-12-16-29(17-13-27)39-34(41)25-30-9-6-7-22-38-30/h6-7,9-22,33H,2-5,8,23-25H2,1H3,(H,39,41)(H,40,42)(H,43,44)/t33-/m0/s1. The van der Waals surface area contributed by atoms with Crippen LogP contribution in [0.4, 0.5) is 5.69 Å². The van der Waals surface area contributed by atoms with Gasteiger partial charge in [-0.15, -0.1) is 0 Å². The summed E-state index contributed by atoms with van der Waals surface area (Å²) >= 11 is 0. The lowest BCUT2D eigenvalue weighted by Gasteiger charge is -2.15. The number of benzene rings is 3. The number of hydrogen-bond donors (Lipinski definition) is 3. The van der Waals surface area contributed by atoms with E-state index in [0.29, 0.717) is 40.6 Å². The Morgan fingerprint density at radius 1 is 0.787 bits per heavy atom. The van der Waals surface area contributed by atoms with E-state index >= 15 is 0 Å². The Labute approximate surface area is 274 Å². The molecule has 0 saturated heterocycles. The molecule has 244 valence electrons. The molecule has 10 heteroatoms. The smallest absolute Gasteiger partial charge is 0.343 e. The number of nitrogens with zero attached hydrogens (tertiary/aromatic N) is 1. The van der Waals surface area contributed by atoms with Gasteiger partial charge >= 0.3 is 11.9 Å². The zero-order valence-electron chi connectivity index (χ0n) is 26.3. The number of carboxylic acid groups (broad SMARTS) is 1. The topological polar surface area (TPSA) is 144 Å². The number of nitrogens with one attached hydrogen (secondary N) is 2. The number of aliphatic carboxylic acids is 1. The first-order chi connectivity index (χ1) is 22.8. The number of amides is 2. The number of carbonyl (C=O) groups is 4. The number of ether oxygens (including phenoxy) is 2. The second-order valence-corrected chi connectivity index (χ2v) is 11.0. The van der Waals surface area contributed by atoms with Crippen molar-refractivity contribution in [3.8, 4) is 11.5 Å². The summed E-state index contributed by atoms with van der Waals surface area (Å²) in [6, 6.07) is 23.5. The molecule has 47 heavy (non-hydrogen) atoms. The molecule has 3 aromatic carbocycles. The normalized spacial score (nSPS) is 11.3. The Balaban J connectivity index is 1.24. The van der Waals surface area contributed by atoms with Gasteiger partial charge in [-0.2, -0.15) is 0 Å². The van der Waals surface area contributed by atoms with Gasteiger partial charge in [-0.25, -0.2) is 9.59 Å². The Bertz CT molecular complexity index is 1610. The number of carboxylic acids is 1. The van der Waals surface area contributed by atoms with Gasteiger partial charge in [-0.3, -0.25) is 14.6 Å². The number of aromatic nitrogens is 1. The molecule has 0 unspecified atom stereocenters. The lowest BCUT2D eigenvalue weighted by molar-refractivity contribution is -0.139. The highest BCUT2D eigenvalue weighted by Gasteiger charge is 2.21. The first kappa shape index (κ1) is 34.4. The molecule has 4 rings (SSSR count). The minimum absolute atomic E-state index is 0.0109. The van der Waals surface area contributed by atoms with Crippen LogP contribution in [-0.2, 0) is 22.4 Å². The molecule has 10 nitrogen and oxygen atoms in total. The number of carbonyl (C=O) groups excluding carboxylic acids is 3. The molecule has 0 spiro atoms. The number of anilines is 1. The van der Waals surface area contributed by atoms with Crippen molar-refractivity contribution in [3.05, 3.63) is 120 Å². The van der Waals surface area contributed by atoms with Crippen LogP contribution >= 0.6 is 0 Å². The Morgan fingerprint density at radius 2 is 1.47 bits per heavy atom.